The highest BCUT2D eigenvalue weighted by atomic mass is 16.6. The molecule has 33 heavy (non-hydrogen) atoms. The summed E-state index contributed by atoms with van der Waals surface area (Å²) in [5.41, 5.74) is 5.52. The van der Waals surface area contributed by atoms with E-state index < -0.39 is 16.8 Å². The van der Waals surface area contributed by atoms with Gasteiger partial charge in [0.2, 0.25) is 0 Å². The van der Waals surface area contributed by atoms with Crippen LogP contribution < -0.4 is 10.2 Å². The maximum atomic E-state index is 12.5. The number of nitro benzene ring substituents is 1. The second-order valence-corrected chi connectivity index (χ2v) is 7.01. The Bertz CT molecular complexity index is 1260. The molecule has 0 aliphatic rings. The van der Waals surface area contributed by atoms with E-state index in [1.165, 1.54) is 32.6 Å². The topological polar surface area (TPSA) is 125 Å². The predicted octanol–water partition coefficient (Wildman–Crippen LogP) is 3.56. The number of carbonyl (C=O) groups excluding carboxylic acids is 2. The predicted molar refractivity (Wildman–Crippen MR) is 121 cm³/mol. The lowest BCUT2D eigenvalue weighted by Crippen LogP contribution is -2.18. The summed E-state index contributed by atoms with van der Waals surface area (Å²) in [6.07, 6.45) is 1.46. The molecule has 0 saturated carbocycles. The highest BCUT2D eigenvalue weighted by Gasteiger charge is 2.18. The van der Waals surface area contributed by atoms with Gasteiger partial charge in [-0.1, -0.05) is 12.1 Å². The number of hydrogen-bond acceptors (Lipinski definition) is 7. The number of nitro groups is 1. The molecule has 170 valence electrons. The number of benzene rings is 2. The van der Waals surface area contributed by atoms with Crippen LogP contribution >= 0.6 is 0 Å². The van der Waals surface area contributed by atoms with Gasteiger partial charge < -0.3 is 14.0 Å². The largest absolute Gasteiger partial charge is 0.496 e. The van der Waals surface area contributed by atoms with Gasteiger partial charge in [-0.3, -0.25) is 14.9 Å². The van der Waals surface area contributed by atoms with Gasteiger partial charge >= 0.3 is 5.97 Å². The fraction of sp³-hybridized carbons (Fsp3) is 0.174. The second-order valence-electron chi connectivity index (χ2n) is 7.01. The van der Waals surface area contributed by atoms with Gasteiger partial charge in [-0.2, -0.15) is 5.10 Å². The summed E-state index contributed by atoms with van der Waals surface area (Å²) in [5.74, 6) is -0.922. The molecule has 0 unspecified atom stereocenters. The Balaban J connectivity index is 1.88. The molecule has 0 saturated heterocycles. The van der Waals surface area contributed by atoms with Crippen LogP contribution in [0.5, 0.6) is 5.75 Å². The number of rotatable bonds is 7. The average molecular weight is 450 g/mol. The number of methoxy groups -OCH3 is 2. The van der Waals surface area contributed by atoms with E-state index in [2.05, 4.69) is 10.5 Å². The van der Waals surface area contributed by atoms with Crippen molar-refractivity contribution in [2.24, 2.45) is 5.10 Å². The van der Waals surface area contributed by atoms with Crippen molar-refractivity contribution in [2.75, 3.05) is 14.2 Å². The molecule has 1 aromatic heterocycles. The summed E-state index contributed by atoms with van der Waals surface area (Å²) in [6.45, 7) is 3.73. The number of nitrogens with zero attached hydrogens (tertiary/aromatic N) is 3. The van der Waals surface area contributed by atoms with Crippen molar-refractivity contribution in [2.45, 2.75) is 13.8 Å². The molecule has 1 N–H and O–H groups in total. The van der Waals surface area contributed by atoms with Gasteiger partial charge in [0.1, 0.15) is 5.75 Å². The van der Waals surface area contributed by atoms with Crippen LogP contribution in [0.4, 0.5) is 5.69 Å². The van der Waals surface area contributed by atoms with E-state index in [0.717, 1.165) is 17.5 Å². The summed E-state index contributed by atoms with van der Waals surface area (Å²) in [6, 6.07) is 12.6. The number of esters is 1. The number of amides is 1. The van der Waals surface area contributed by atoms with Crippen LogP contribution in [0, 0.1) is 24.0 Å². The number of aromatic nitrogens is 1. The number of carbonyl (C=O) groups is 2. The Kier molecular flexibility index (Phi) is 6.87. The molecule has 10 nitrogen and oxygen atoms in total. The van der Waals surface area contributed by atoms with Gasteiger partial charge in [0.05, 0.1) is 42.2 Å². The van der Waals surface area contributed by atoms with Gasteiger partial charge in [0.15, 0.2) is 0 Å². The van der Waals surface area contributed by atoms with E-state index in [-0.39, 0.29) is 17.0 Å². The van der Waals surface area contributed by atoms with Gasteiger partial charge in [0, 0.05) is 29.1 Å². The minimum absolute atomic E-state index is 0.0127. The second kappa shape index (κ2) is 9.77. The van der Waals surface area contributed by atoms with Crippen molar-refractivity contribution < 1.29 is 24.0 Å². The highest BCUT2D eigenvalue weighted by Crippen LogP contribution is 2.25. The summed E-state index contributed by atoms with van der Waals surface area (Å²) in [5, 5.41) is 15.0. The SMILES string of the molecule is COC(=O)c1ccccc1-n1c(C)cc(/C=N\NC(=O)c2cc([N+](=O)[O-])ccc2OC)c1C. The van der Waals surface area contributed by atoms with Crippen molar-refractivity contribution in [1.29, 1.82) is 0 Å². The fourth-order valence-corrected chi connectivity index (χ4v) is 3.45. The Morgan fingerprint density at radius 3 is 2.48 bits per heavy atom. The lowest BCUT2D eigenvalue weighted by Gasteiger charge is -2.13. The molecule has 1 amide bonds. The smallest absolute Gasteiger partial charge is 0.339 e. The fourth-order valence-electron chi connectivity index (χ4n) is 3.45. The van der Waals surface area contributed by atoms with E-state index in [4.69, 9.17) is 9.47 Å². The van der Waals surface area contributed by atoms with Gasteiger partial charge in [0.25, 0.3) is 11.6 Å². The third-order valence-corrected chi connectivity index (χ3v) is 5.03. The van der Waals surface area contributed by atoms with E-state index in [0.29, 0.717) is 16.8 Å². The molecule has 0 fully saturated rings. The van der Waals surface area contributed by atoms with Crippen LogP contribution in [-0.2, 0) is 4.74 Å². The first-order valence-corrected chi connectivity index (χ1v) is 9.81. The number of ether oxygens (including phenoxy) is 2. The van der Waals surface area contributed by atoms with E-state index in [1.807, 2.05) is 36.6 Å². The monoisotopic (exact) mass is 450 g/mol. The molecule has 1 heterocycles. The van der Waals surface area contributed by atoms with Crippen LogP contribution in [0.25, 0.3) is 5.69 Å². The van der Waals surface area contributed by atoms with Crippen LogP contribution in [0.2, 0.25) is 0 Å². The number of non-ortho nitro benzene ring substituents is 1. The number of hydrogen-bond donors (Lipinski definition) is 1. The van der Waals surface area contributed by atoms with E-state index in [9.17, 15) is 19.7 Å². The summed E-state index contributed by atoms with van der Waals surface area (Å²) >= 11 is 0. The molecule has 0 aliphatic heterocycles. The van der Waals surface area contributed by atoms with Crippen LogP contribution in [-0.4, -0.2) is 41.8 Å². The third-order valence-electron chi connectivity index (χ3n) is 5.03. The molecule has 0 aliphatic carbocycles. The Morgan fingerprint density at radius 1 is 1.09 bits per heavy atom. The normalized spacial score (nSPS) is 10.8. The molecule has 0 spiro atoms. The molecule has 10 heteroatoms. The zero-order valence-electron chi connectivity index (χ0n) is 18.5. The van der Waals surface area contributed by atoms with Crippen LogP contribution in [0.15, 0.2) is 53.6 Å². The first-order chi connectivity index (χ1) is 15.8. The van der Waals surface area contributed by atoms with E-state index >= 15 is 0 Å². The highest BCUT2D eigenvalue weighted by molar-refractivity contribution is 5.98. The molecule has 0 atom stereocenters. The Labute approximate surface area is 189 Å². The van der Waals surface area contributed by atoms with Crippen molar-refractivity contribution in [3.05, 3.63) is 86.7 Å². The molecular weight excluding hydrogens is 428 g/mol. The van der Waals surface area contributed by atoms with Gasteiger partial charge in [-0.05, 0) is 38.1 Å². The van der Waals surface area contributed by atoms with E-state index in [1.54, 1.807) is 12.1 Å². The lowest BCUT2D eigenvalue weighted by atomic mass is 10.1. The molecular formula is C23H22N4O6. The van der Waals surface area contributed by atoms with Crippen molar-refractivity contribution in [3.8, 4) is 11.4 Å². The van der Waals surface area contributed by atoms with Gasteiger partial charge in [-0.25, -0.2) is 10.2 Å². The molecule has 0 radical (unpaired) electrons. The summed E-state index contributed by atoms with van der Waals surface area (Å²) in [4.78, 5) is 35.1. The number of hydrazone groups is 1. The first-order valence-electron chi connectivity index (χ1n) is 9.81. The lowest BCUT2D eigenvalue weighted by molar-refractivity contribution is -0.384. The summed E-state index contributed by atoms with van der Waals surface area (Å²) < 4.78 is 11.9. The van der Waals surface area contributed by atoms with Crippen LogP contribution in [0.3, 0.4) is 0 Å². The summed E-state index contributed by atoms with van der Waals surface area (Å²) in [7, 11) is 2.69. The van der Waals surface area contributed by atoms with Crippen LogP contribution in [0.1, 0.15) is 37.7 Å². The molecule has 3 aromatic rings. The minimum atomic E-state index is -0.656. The number of para-hydroxylation sites is 1. The zero-order valence-corrected chi connectivity index (χ0v) is 18.5. The van der Waals surface area contributed by atoms with Crippen molar-refractivity contribution in [3.63, 3.8) is 0 Å². The maximum Gasteiger partial charge on any atom is 0.339 e. The number of nitrogens with one attached hydrogen (secondary N) is 1. The standard InChI is InChI=1S/C23H22N4O6/c1-14-11-16(15(2)26(14)20-8-6-5-7-18(20)23(29)33-4)13-24-25-22(28)19-12-17(27(30)31)9-10-21(19)32-3/h5-13H,1-4H3,(H,25,28)/b24-13-. The molecule has 2 aromatic carbocycles. The number of aryl methyl sites for hydroxylation is 1. The Morgan fingerprint density at radius 2 is 1.82 bits per heavy atom. The first kappa shape index (κ1) is 23.2. The Hall–Kier alpha value is -4.47. The third kappa shape index (κ3) is 4.74. The molecule has 3 rings (SSSR count). The molecule has 0 bridgehead atoms. The van der Waals surface area contributed by atoms with Crippen molar-refractivity contribution in [1.82, 2.24) is 9.99 Å². The maximum absolute atomic E-state index is 12.5. The average Bonchev–Trinajstić information content (AvgIpc) is 3.10. The van der Waals surface area contributed by atoms with Gasteiger partial charge in [-0.15, -0.1) is 0 Å². The zero-order chi connectivity index (χ0) is 24.1. The van der Waals surface area contributed by atoms with Crippen molar-refractivity contribution >= 4 is 23.8 Å². The minimum Gasteiger partial charge on any atom is -0.496 e. The quantitative estimate of drug-likeness (QED) is 0.254.